The van der Waals surface area contributed by atoms with Gasteiger partial charge in [0.05, 0.1) is 11.3 Å². The standard InChI is InChI=1S/C15H15N3O2/c1-2-13(12-7-3-4-8-14(12)19)17-18-15(20)11-6-5-9-16-10-11/h3-10,19H,2H2,1H3,(H,18,20)/b17-13+. The Morgan fingerprint density at radius 3 is 2.75 bits per heavy atom. The highest BCUT2D eigenvalue weighted by Crippen LogP contribution is 2.17. The number of carbonyl (C=O) groups excluding carboxylic acids is 1. The van der Waals surface area contributed by atoms with Gasteiger partial charge in [0.15, 0.2) is 0 Å². The number of phenolic OH excluding ortho intramolecular Hbond substituents is 1. The van der Waals surface area contributed by atoms with Gasteiger partial charge in [0, 0.05) is 18.0 Å². The number of phenols is 1. The van der Waals surface area contributed by atoms with Crippen molar-refractivity contribution in [1.82, 2.24) is 10.4 Å². The molecular formula is C15H15N3O2. The van der Waals surface area contributed by atoms with Crippen molar-refractivity contribution >= 4 is 11.6 Å². The van der Waals surface area contributed by atoms with Gasteiger partial charge in [-0.15, -0.1) is 0 Å². The third-order valence-corrected chi connectivity index (χ3v) is 2.77. The Bertz CT molecular complexity index is 624. The van der Waals surface area contributed by atoms with Crippen LogP contribution in [0, 0.1) is 0 Å². The maximum absolute atomic E-state index is 11.9. The van der Waals surface area contributed by atoms with Gasteiger partial charge in [0.1, 0.15) is 5.75 Å². The summed E-state index contributed by atoms with van der Waals surface area (Å²) in [6.07, 6.45) is 3.65. The van der Waals surface area contributed by atoms with Crippen molar-refractivity contribution in [2.45, 2.75) is 13.3 Å². The number of hydrogen-bond acceptors (Lipinski definition) is 4. The van der Waals surface area contributed by atoms with E-state index in [1.165, 1.54) is 6.20 Å². The molecule has 0 aliphatic carbocycles. The number of aromatic nitrogens is 1. The van der Waals surface area contributed by atoms with Crippen molar-refractivity contribution in [3.63, 3.8) is 0 Å². The fraction of sp³-hybridized carbons (Fsp3) is 0.133. The predicted octanol–water partition coefficient (Wildman–Crippen LogP) is 2.33. The molecule has 5 heteroatoms. The number of para-hydroxylation sites is 1. The van der Waals surface area contributed by atoms with Crippen LogP contribution in [-0.2, 0) is 0 Å². The maximum Gasteiger partial charge on any atom is 0.272 e. The molecule has 5 nitrogen and oxygen atoms in total. The van der Waals surface area contributed by atoms with Crippen LogP contribution in [0.3, 0.4) is 0 Å². The maximum atomic E-state index is 11.9. The minimum absolute atomic E-state index is 0.142. The molecule has 20 heavy (non-hydrogen) atoms. The monoisotopic (exact) mass is 269 g/mol. The van der Waals surface area contributed by atoms with Crippen molar-refractivity contribution in [2.75, 3.05) is 0 Å². The molecule has 102 valence electrons. The first-order valence-electron chi connectivity index (χ1n) is 6.27. The van der Waals surface area contributed by atoms with Crippen LogP contribution >= 0.6 is 0 Å². The summed E-state index contributed by atoms with van der Waals surface area (Å²) in [6.45, 7) is 1.90. The summed E-state index contributed by atoms with van der Waals surface area (Å²) in [7, 11) is 0. The number of nitrogens with zero attached hydrogens (tertiary/aromatic N) is 2. The molecule has 0 unspecified atom stereocenters. The zero-order valence-electron chi connectivity index (χ0n) is 11.1. The van der Waals surface area contributed by atoms with E-state index in [-0.39, 0.29) is 11.7 Å². The zero-order valence-corrected chi connectivity index (χ0v) is 11.1. The Morgan fingerprint density at radius 2 is 2.10 bits per heavy atom. The summed E-state index contributed by atoms with van der Waals surface area (Å²) >= 11 is 0. The minimum atomic E-state index is -0.334. The molecule has 0 bridgehead atoms. The first-order valence-corrected chi connectivity index (χ1v) is 6.27. The van der Waals surface area contributed by atoms with Gasteiger partial charge >= 0.3 is 0 Å². The molecule has 0 saturated heterocycles. The van der Waals surface area contributed by atoms with E-state index in [1.54, 1.807) is 36.5 Å². The lowest BCUT2D eigenvalue weighted by atomic mass is 10.1. The van der Waals surface area contributed by atoms with Crippen LogP contribution in [-0.4, -0.2) is 21.7 Å². The van der Waals surface area contributed by atoms with E-state index in [9.17, 15) is 9.90 Å². The number of hydrogen-bond donors (Lipinski definition) is 2. The summed E-state index contributed by atoms with van der Waals surface area (Å²) in [5.41, 5.74) is 4.13. The van der Waals surface area contributed by atoms with Crippen LogP contribution in [0.4, 0.5) is 0 Å². The molecular weight excluding hydrogens is 254 g/mol. The van der Waals surface area contributed by atoms with Crippen LogP contribution in [0.15, 0.2) is 53.9 Å². The van der Waals surface area contributed by atoms with Gasteiger partial charge < -0.3 is 5.11 Å². The topological polar surface area (TPSA) is 74.6 Å². The fourth-order valence-corrected chi connectivity index (χ4v) is 1.73. The molecule has 2 aromatic rings. The van der Waals surface area contributed by atoms with Crippen molar-refractivity contribution in [1.29, 1.82) is 0 Å². The normalized spacial score (nSPS) is 11.2. The largest absolute Gasteiger partial charge is 0.507 e. The van der Waals surface area contributed by atoms with Crippen LogP contribution < -0.4 is 5.43 Å². The number of pyridine rings is 1. The van der Waals surface area contributed by atoms with E-state index in [0.717, 1.165) is 0 Å². The number of rotatable bonds is 4. The van der Waals surface area contributed by atoms with Gasteiger partial charge in [-0.1, -0.05) is 19.1 Å². The second kappa shape index (κ2) is 6.47. The summed E-state index contributed by atoms with van der Waals surface area (Å²) in [5.74, 6) is -0.191. The Kier molecular flexibility index (Phi) is 4.44. The fourth-order valence-electron chi connectivity index (χ4n) is 1.73. The molecule has 1 amide bonds. The van der Waals surface area contributed by atoms with Gasteiger partial charge in [-0.25, -0.2) is 5.43 Å². The smallest absolute Gasteiger partial charge is 0.272 e. The zero-order chi connectivity index (χ0) is 14.4. The number of carbonyl (C=O) groups is 1. The summed E-state index contributed by atoms with van der Waals surface area (Å²) < 4.78 is 0. The van der Waals surface area contributed by atoms with E-state index in [2.05, 4.69) is 15.5 Å². The average Bonchev–Trinajstić information content (AvgIpc) is 2.50. The number of amides is 1. The second-order valence-electron chi connectivity index (χ2n) is 4.11. The van der Waals surface area contributed by atoms with E-state index in [1.807, 2.05) is 13.0 Å². The molecule has 0 aliphatic rings. The van der Waals surface area contributed by atoms with E-state index < -0.39 is 0 Å². The van der Waals surface area contributed by atoms with Crippen molar-refractivity contribution in [2.24, 2.45) is 5.10 Å². The summed E-state index contributed by atoms with van der Waals surface area (Å²) in [6, 6.07) is 10.2. The molecule has 1 aromatic heterocycles. The minimum Gasteiger partial charge on any atom is -0.507 e. The molecule has 1 aromatic carbocycles. The second-order valence-corrected chi connectivity index (χ2v) is 4.11. The van der Waals surface area contributed by atoms with E-state index in [4.69, 9.17) is 0 Å². The Labute approximate surface area is 117 Å². The van der Waals surface area contributed by atoms with Crippen LogP contribution in [0.2, 0.25) is 0 Å². The third-order valence-electron chi connectivity index (χ3n) is 2.77. The number of aromatic hydroxyl groups is 1. The van der Waals surface area contributed by atoms with E-state index in [0.29, 0.717) is 23.3 Å². The molecule has 2 rings (SSSR count). The molecule has 0 aliphatic heterocycles. The van der Waals surface area contributed by atoms with Crippen LogP contribution in [0.1, 0.15) is 29.3 Å². The molecule has 0 saturated carbocycles. The van der Waals surface area contributed by atoms with Gasteiger partial charge in [-0.05, 0) is 30.7 Å². The summed E-state index contributed by atoms with van der Waals surface area (Å²) in [5, 5.41) is 13.9. The lowest BCUT2D eigenvalue weighted by Crippen LogP contribution is -2.20. The quantitative estimate of drug-likeness (QED) is 0.660. The Morgan fingerprint density at radius 1 is 1.30 bits per heavy atom. The molecule has 2 N–H and O–H groups in total. The average molecular weight is 269 g/mol. The third kappa shape index (κ3) is 3.20. The molecule has 0 fully saturated rings. The highest BCUT2D eigenvalue weighted by atomic mass is 16.3. The van der Waals surface area contributed by atoms with E-state index >= 15 is 0 Å². The van der Waals surface area contributed by atoms with Crippen LogP contribution in [0.5, 0.6) is 5.75 Å². The summed E-state index contributed by atoms with van der Waals surface area (Å²) in [4.78, 5) is 15.7. The van der Waals surface area contributed by atoms with Gasteiger partial charge in [-0.2, -0.15) is 5.10 Å². The predicted molar refractivity (Wildman–Crippen MR) is 76.6 cm³/mol. The lowest BCUT2D eigenvalue weighted by molar-refractivity contribution is 0.0954. The highest BCUT2D eigenvalue weighted by Gasteiger charge is 2.08. The van der Waals surface area contributed by atoms with Crippen molar-refractivity contribution in [3.05, 3.63) is 59.9 Å². The number of nitrogens with one attached hydrogen (secondary N) is 1. The van der Waals surface area contributed by atoms with Gasteiger partial charge in [-0.3, -0.25) is 9.78 Å². The Hall–Kier alpha value is -2.69. The molecule has 0 spiro atoms. The first-order chi connectivity index (χ1) is 9.72. The van der Waals surface area contributed by atoms with Crippen molar-refractivity contribution in [3.8, 4) is 5.75 Å². The molecule has 1 heterocycles. The van der Waals surface area contributed by atoms with Gasteiger partial charge in [0.25, 0.3) is 5.91 Å². The molecule has 0 atom stereocenters. The number of hydrazone groups is 1. The molecule has 0 radical (unpaired) electrons. The highest BCUT2D eigenvalue weighted by molar-refractivity contribution is 6.03. The van der Waals surface area contributed by atoms with Gasteiger partial charge in [0.2, 0.25) is 0 Å². The number of benzene rings is 1. The first kappa shape index (κ1) is 13.7. The Balaban J connectivity index is 2.17. The SMILES string of the molecule is CC/C(=N\NC(=O)c1cccnc1)c1ccccc1O. The van der Waals surface area contributed by atoms with Crippen molar-refractivity contribution < 1.29 is 9.90 Å². The van der Waals surface area contributed by atoms with Crippen LogP contribution in [0.25, 0.3) is 0 Å². The lowest BCUT2D eigenvalue weighted by Gasteiger charge is -2.07.